The van der Waals surface area contributed by atoms with Crippen molar-refractivity contribution in [2.24, 2.45) is 0 Å². The van der Waals surface area contributed by atoms with Gasteiger partial charge in [0.15, 0.2) is 6.10 Å². The van der Waals surface area contributed by atoms with Crippen LogP contribution in [0, 0.1) is 0 Å². The summed E-state index contributed by atoms with van der Waals surface area (Å²) in [6.07, 6.45) is 53.9. The summed E-state index contributed by atoms with van der Waals surface area (Å²) in [5.41, 5.74) is 0. The van der Waals surface area contributed by atoms with Crippen molar-refractivity contribution in [1.82, 2.24) is 0 Å². The number of quaternary nitrogens is 1. The molecular weight excluding hydrogens is 790 g/mol. The quantitative estimate of drug-likeness (QED) is 0.0162. The van der Waals surface area contributed by atoms with E-state index < -0.39 is 38.6 Å². The molecule has 0 saturated heterocycles. The van der Waals surface area contributed by atoms with Crippen LogP contribution in [0.25, 0.3) is 0 Å². The smallest absolute Gasteiger partial charge is 0.306 e. The molecular formula is C50H78NO9P. The van der Waals surface area contributed by atoms with Crippen LogP contribution in [0.15, 0.2) is 134 Å². The van der Waals surface area contributed by atoms with E-state index in [-0.39, 0.29) is 26.1 Å². The predicted molar refractivity (Wildman–Crippen MR) is 250 cm³/mol. The number of hydrogen-bond acceptors (Lipinski definition) is 9. The van der Waals surface area contributed by atoms with Gasteiger partial charge in [-0.1, -0.05) is 148 Å². The second kappa shape index (κ2) is 40.2. The van der Waals surface area contributed by atoms with Gasteiger partial charge in [-0.05, 0) is 83.5 Å². The summed E-state index contributed by atoms with van der Waals surface area (Å²) in [5, 5.41) is 10.0. The van der Waals surface area contributed by atoms with Crippen LogP contribution in [-0.2, 0) is 32.7 Å². The Labute approximate surface area is 369 Å². The van der Waals surface area contributed by atoms with Crippen molar-refractivity contribution < 1.29 is 47.2 Å². The fourth-order valence-corrected chi connectivity index (χ4v) is 5.58. The molecule has 0 aromatic carbocycles. The van der Waals surface area contributed by atoms with Crippen molar-refractivity contribution in [2.75, 3.05) is 47.5 Å². The maximum atomic E-state index is 12.7. The lowest BCUT2D eigenvalue weighted by atomic mass is 10.2. The Hall–Kier alpha value is -3.89. The van der Waals surface area contributed by atoms with Gasteiger partial charge >= 0.3 is 11.9 Å². The van der Waals surface area contributed by atoms with E-state index in [1.807, 2.05) is 75.8 Å². The molecule has 11 heteroatoms. The van der Waals surface area contributed by atoms with Gasteiger partial charge in [-0.25, -0.2) is 0 Å². The summed E-state index contributed by atoms with van der Waals surface area (Å²) in [6.45, 7) is 3.72. The number of nitrogens with zero attached hydrogens (tertiary/aromatic N) is 1. The standard InChI is InChI=1S/C50H78NO9P/c1-6-8-10-12-14-15-16-17-18-19-20-21-22-26-29-33-37-41-49(53)57-45-48(46-59-61(55,56)58-44-43-51(3,4)5)60-50(54)42-38-34-30-27-24-23-25-28-32-36-40-47(52)39-35-31-13-11-9-7-2/h8-11,14-15,17-18,20-21,23-24,26,28-32,34-36,40,47-48,52H,6-7,12-13,16,19,22,25,27,33,37-39,41-46H2,1-5H3/b10-8-,11-9-,15-14-,18-17-,21-20-,24-23-,29-26-,32-28-,34-30-,35-31-,40-36+/t47?,48-/m1/s1. The first-order valence-electron chi connectivity index (χ1n) is 22.0. The molecule has 3 atom stereocenters. The second-order valence-corrected chi connectivity index (χ2v) is 16.6. The molecule has 0 rings (SSSR count). The van der Waals surface area contributed by atoms with Gasteiger partial charge in [-0.2, -0.15) is 0 Å². The van der Waals surface area contributed by atoms with Gasteiger partial charge in [-0.3, -0.25) is 14.2 Å². The molecule has 0 aliphatic heterocycles. The van der Waals surface area contributed by atoms with Crippen LogP contribution in [0.1, 0.15) is 110 Å². The molecule has 0 aromatic rings. The zero-order valence-electron chi connectivity index (χ0n) is 37.9. The maximum Gasteiger partial charge on any atom is 0.306 e. The van der Waals surface area contributed by atoms with Gasteiger partial charge < -0.3 is 33.0 Å². The first kappa shape index (κ1) is 57.1. The molecule has 2 unspecified atom stereocenters. The number of likely N-dealkylation sites (N-methyl/N-ethyl adjacent to an activating group) is 1. The second-order valence-electron chi connectivity index (χ2n) is 15.1. The van der Waals surface area contributed by atoms with Crippen molar-refractivity contribution in [3.8, 4) is 0 Å². The number of hydrogen-bond donors (Lipinski definition) is 1. The largest absolute Gasteiger partial charge is 0.756 e. The third-order valence-corrected chi connectivity index (χ3v) is 9.22. The average Bonchev–Trinajstić information content (AvgIpc) is 3.21. The molecule has 0 amide bonds. The van der Waals surface area contributed by atoms with E-state index in [2.05, 4.69) is 86.8 Å². The summed E-state index contributed by atoms with van der Waals surface area (Å²) in [4.78, 5) is 37.5. The Balaban J connectivity index is 4.67. The number of allylic oxidation sites excluding steroid dienone is 20. The van der Waals surface area contributed by atoms with E-state index in [4.69, 9.17) is 18.5 Å². The van der Waals surface area contributed by atoms with Gasteiger partial charge in [-0.15, -0.1) is 0 Å². The Morgan fingerprint density at radius 3 is 1.64 bits per heavy atom. The van der Waals surface area contributed by atoms with Crippen LogP contribution < -0.4 is 4.89 Å². The SMILES string of the molecule is CC/C=C\C/C=C\C/C=C\C/C=C\C/C=C\CCCC(=O)OC[C@H](COP(=O)([O-])OCC[N+](C)(C)C)OC(=O)CC/C=C\C/C=C\C/C=C\C=C\C(O)C/C=C\C/C=C\CC. The fourth-order valence-electron chi connectivity index (χ4n) is 4.86. The number of phosphoric acid groups is 1. The Kier molecular flexibility index (Phi) is 37.6. The van der Waals surface area contributed by atoms with E-state index in [1.54, 1.807) is 6.08 Å². The molecule has 0 radical (unpaired) electrons. The van der Waals surface area contributed by atoms with E-state index in [1.165, 1.54) is 0 Å². The molecule has 1 N–H and O–H groups in total. The molecule has 0 spiro atoms. The topological polar surface area (TPSA) is 131 Å². The van der Waals surface area contributed by atoms with Crippen molar-refractivity contribution in [2.45, 2.75) is 122 Å². The molecule has 0 aliphatic carbocycles. The number of unbranched alkanes of at least 4 members (excludes halogenated alkanes) is 1. The number of aliphatic hydroxyl groups excluding tert-OH is 1. The van der Waals surface area contributed by atoms with Gasteiger partial charge in [0.1, 0.15) is 19.8 Å². The van der Waals surface area contributed by atoms with Gasteiger partial charge in [0, 0.05) is 12.8 Å². The van der Waals surface area contributed by atoms with E-state index >= 15 is 0 Å². The molecule has 61 heavy (non-hydrogen) atoms. The molecule has 0 heterocycles. The summed E-state index contributed by atoms with van der Waals surface area (Å²) >= 11 is 0. The highest BCUT2D eigenvalue weighted by molar-refractivity contribution is 7.45. The minimum Gasteiger partial charge on any atom is -0.756 e. The summed E-state index contributed by atoms with van der Waals surface area (Å²) in [6, 6.07) is 0. The van der Waals surface area contributed by atoms with Crippen LogP contribution in [0.3, 0.4) is 0 Å². The van der Waals surface area contributed by atoms with Crippen molar-refractivity contribution >= 4 is 19.8 Å². The average molecular weight is 868 g/mol. The summed E-state index contributed by atoms with van der Waals surface area (Å²) < 4.78 is 33.7. The molecule has 0 fully saturated rings. The number of carbonyl (C=O) groups excluding carboxylic acids is 2. The van der Waals surface area contributed by atoms with E-state index in [9.17, 15) is 24.2 Å². The molecule has 0 aromatic heterocycles. The molecule has 10 nitrogen and oxygen atoms in total. The monoisotopic (exact) mass is 868 g/mol. The highest BCUT2D eigenvalue weighted by atomic mass is 31.2. The maximum absolute atomic E-state index is 12.7. The Bertz CT molecular complexity index is 1510. The predicted octanol–water partition coefficient (Wildman–Crippen LogP) is 11.0. The van der Waals surface area contributed by atoms with Crippen molar-refractivity contribution in [3.05, 3.63) is 134 Å². The van der Waals surface area contributed by atoms with Crippen molar-refractivity contribution in [3.63, 3.8) is 0 Å². The van der Waals surface area contributed by atoms with Gasteiger partial charge in [0.25, 0.3) is 7.82 Å². The third kappa shape index (κ3) is 44.0. The lowest BCUT2D eigenvalue weighted by molar-refractivity contribution is -0.870. The zero-order chi connectivity index (χ0) is 45.1. The highest BCUT2D eigenvalue weighted by Crippen LogP contribution is 2.38. The summed E-state index contributed by atoms with van der Waals surface area (Å²) in [7, 11) is 1.03. The van der Waals surface area contributed by atoms with Gasteiger partial charge in [0.05, 0.1) is 33.9 Å². The number of ether oxygens (including phenoxy) is 2. The lowest BCUT2D eigenvalue weighted by Gasteiger charge is -2.28. The van der Waals surface area contributed by atoms with E-state index in [0.29, 0.717) is 43.1 Å². The summed E-state index contributed by atoms with van der Waals surface area (Å²) in [5.74, 6) is -1.05. The minimum absolute atomic E-state index is 0.0551. The third-order valence-electron chi connectivity index (χ3n) is 8.26. The number of aliphatic hydroxyl groups is 1. The van der Waals surface area contributed by atoms with Crippen LogP contribution in [0.2, 0.25) is 0 Å². The van der Waals surface area contributed by atoms with Crippen LogP contribution in [0.4, 0.5) is 0 Å². The highest BCUT2D eigenvalue weighted by Gasteiger charge is 2.21. The van der Waals surface area contributed by atoms with Crippen LogP contribution >= 0.6 is 7.82 Å². The number of rotatable bonds is 37. The Morgan fingerprint density at radius 2 is 1.10 bits per heavy atom. The Morgan fingerprint density at radius 1 is 0.607 bits per heavy atom. The van der Waals surface area contributed by atoms with Crippen LogP contribution in [0.5, 0.6) is 0 Å². The number of phosphoric ester groups is 1. The van der Waals surface area contributed by atoms with E-state index in [0.717, 1.165) is 51.4 Å². The zero-order valence-corrected chi connectivity index (χ0v) is 38.8. The van der Waals surface area contributed by atoms with Crippen LogP contribution in [-0.4, -0.2) is 81.2 Å². The number of esters is 2. The molecule has 0 aliphatic rings. The number of carbonyl (C=O) groups is 2. The normalized spacial score (nSPS) is 15.3. The molecule has 0 saturated carbocycles. The molecule has 0 bridgehead atoms. The molecule has 342 valence electrons. The minimum atomic E-state index is -4.68. The van der Waals surface area contributed by atoms with Crippen molar-refractivity contribution in [1.29, 1.82) is 0 Å². The van der Waals surface area contributed by atoms with Gasteiger partial charge in [0.2, 0.25) is 0 Å². The fraction of sp³-hybridized carbons (Fsp3) is 0.520. The first-order valence-corrected chi connectivity index (χ1v) is 23.5. The lowest BCUT2D eigenvalue weighted by Crippen LogP contribution is -2.37. The first-order chi connectivity index (χ1) is 29.4.